The lowest BCUT2D eigenvalue weighted by Crippen LogP contribution is -2.44. The fourth-order valence-corrected chi connectivity index (χ4v) is 4.77. The van der Waals surface area contributed by atoms with Gasteiger partial charge in [0.2, 0.25) is 5.95 Å². The van der Waals surface area contributed by atoms with Crippen molar-refractivity contribution >= 4 is 50.6 Å². The fraction of sp³-hybridized carbons (Fsp3) is 0.333. The van der Waals surface area contributed by atoms with Gasteiger partial charge in [0.25, 0.3) is 10.2 Å². The van der Waals surface area contributed by atoms with Crippen LogP contribution >= 0.6 is 11.6 Å². The first-order valence-corrected chi connectivity index (χ1v) is 13.6. The van der Waals surface area contributed by atoms with Crippen molar-refractivity contribution in [1.29, 1.82) is 0 Å². The number of piperazine rings is 1. The van der Waals surface area contributed by atoms with Crippen LogP contribution in [0.25, 0.3) is 0 Å². The number of nitrogens with one attached hydrogen (secondary N) is 4. The Morgan fingerprint density at radius 3 is 2.42 bits per heavy atom. The number of halogens is 1. The number of benzene rings is 2. The van der Waals surface area contributed by atoms with Crippen LogP contribution in [0, 0.1) is 0 Å². The lowest BCUT2D eigenvalue weighted by Gasteiger charge is -2.34. The summed E-state index contributed by atoms with van der Waals surface area (Å²) in [6.45, 7) is 6.26. The zero-order chi connectivity index (χ0) is 25.5. The van der Waals surface area contributed by atoms with Crippen molar-refractivity contribution in [3.05, 3.63) is 65.3 Å². The Balaban J connectivity index is 1.44. The van der Waals surface area contributed by atoms with Gasteiger partial charge >= 0.3 is 0 Å². The molecule has 4 N–H and O–H groups in total. The largest absolute Gasteiger partial charge is 0.369 e. The van der Waals surface area contributed by atoms with E-state index < -0.39 is 10.2 Å². The SMILES string of the molecule is CCNS(=O)(=O)NCc1ccccc1Nc1nc(Nc2ccc(N3CCN(C)CC3)cc2)ncc1Cl. The molecule has 2 aromatic carbocycles. The summed E-state index contributed by atoms with van der Waals surface area (Å²) >= 11 is 6.36. The first kappa shape index (κ1) is 26.1. The summed E-state index contributed by atoms with van der Waals surface area (Å²) in [5.41, 5.74) is 3.47. The number of likely N-dealkylation sites (N-methyl/N-ethyl adjacent to an activating group) is 1. The molecule has 192 valence electrons. The Labute approximate surface area is 217 Å². The van der Waals surface area contributed by atoms with Gasteiger partial charge in [-0.2, -0.15) is 18.1 Å². The molecule has 36 heavy (non-hydrogen) atoms. The molecule has 0 bridgehead atoms. The third-order valence-corrected chi connectivity index (χ3v) is 7.26. The zero-order valence-corrected chi connectivity index (χ0v) is 21.9. The average Bonchev–Trinajstić information content (AvgIpc) is 2.86. The van der Waals surface area contributed by atoms with E-state index in [9.17, 15) is 8.42 Å². The summed E-state index contributed by atoms with van der Waals surface area (Å²) in [6, 6.07) is 15.5. The summed E-state index contributed by atoms with van der Waals surface area (Å²) in [6.07, 6.45) is 1.52. The van der Waals surface area contributed by atoms with Crippen molar-refractivity contribution < 1.29 is 8.42 Å². The van der Waals surface area contributed by atoms with E-state index in [1.54, 1.807) is 6.92 Å². The van der Waals surface area contributed by atoms with E-state index in [0.29, 0.717) is 29.0 Å². The minimum absolute atomic E-state index is 0.103. The van der Waals surface area contributed by atoms with Crippen molar-refractivity contribution in [2.45, 2.75) is 13.5 Å². The molecule has 0 atom stereocenters. The molecular formula is C24H31ClN8O2S. The quantitative estimate of drug-likeness (QED) is 0.316. The van der Waals surface area contributed by atoms with Crippen molar-refractivity contribution in [2.24, 2.45) is 0 Å². The number of nitrogens with zero attached hydrogens (tertiary/aromatic N) is 4. The molecule has 0 aliphatic carbocycles. The van der Waals surface area contributed by atoms with Crippen molar-refractivity contribution in [2.75, 3.05) is 55.3 Å². The van der Waals surface area contributed by atoms with Gasteiger partial charge < -0.3 is 20.4 Å². The highest BCUT2D eigenvalue weighted by Gasteiger charge is 2.15. The number of para-hydroxylation sites is 1. The minimum atomic E-state index is -3.58. The molecule has 3 aromatic rings. The van der Waals surface area contributed by atoms with E-state index in [2.05, 4.69) is 59.0 Å². The van der Waals surface area contributed by atoms with E-state index >= 15 is 0 Å². The highest BCUT2D eigenvalue weighted by atomic mass is 35.5. The lowest BCUT2D eigenvalue weighted by molar-refractivity contribution is 0.313. The predicted molar refractivity (Wildman–Crippen MR) is 146 cm³/mol. The molecule has 12 heteroatoms. The monoisotopic (exact) mass is 530 g/mol. The Hall–Kier alpha value is -2.96. The van der Waals surface area contributed by atoms with Crippen molar-refractivity contribution in [3.63, 3.8) is 0 Å². The summed E-state index contributed by atoms with van der Waals surface area (Å²) in [5.74, 6) is 0.796. The van der Waals surface area contributed by atoms with Crippen LogP contribution in [-0.2, 0) is 16.8 Å². The standard InChI is InChI=1S/C24H31ClN8O2S/c1-3-27-36(34,35)28-16-18-6-4-5-7-22(18)30-23-21(25)17-26-24(31-23)29-19-8-10-20(11-9-19)33-14-12-32(2)13-15-33/h4-11,17,27-28H,3,12-16H2,1-2H3,(H2,26,29,30,31). The highest BCUT2D eigenvalue weighted by molar-refractivity contribution is 7.87. The highest BCUT2D eigenvalue weighted by Crippen LogP contribution is 2.27. The topological polar surface area (TPSA) is 115 Å². The van der Waals surface area contributed by atoms with Gasteiger partial charge in [-0.15, -0.1) is 0 Å². The van der Waals surface area contributed by atoms with E-state index in [4.69, 9.17) is 11.6 Å². The Morgan fingerprint density at radius 2 is 1.69 bits per heavy atom. The molecule has 1 aliphatic heterocycles. The summed E-state index contributed by atoms with van der Waals surface area (Å²) in [4.78, 5) is 13.5. The maximum Gasteiger partial charge on any atom is 0.277 e. The Bertz CT molecular complexity index is 1270. The van der Waals surface area contributed by atoms with Gasteiger partial charge in [0.1, 0.15) is 5.02 Å². The molecule has 1 aliphatic rings. The molecule has 0 spiro atoms. The zero-order valence-electron chi connectivity index (χ0n) is 20.3. The number of hydrogen-bond donors (Lipinski definition) is 4. The van der Waals surface area contributed by atoms with E-state index in [-0.39, 0.29) is 6.54 Å². The van der Waals surface area contributed by atoms with E-state index in [1.807, 2.05) is 36.4 Å². The van der Waals surface area contributed by atoms with Crippen LogP contribution in [0.2, 0.25) is 5.02 Å². The van der Waals surface area contributed by atoms with Gasteiger partial charge in [0.15, 0.2) is 5.82 Å². The van der Waals surface area contributed by atoms with Crippen LogP contribution in [0.1, 0.15) is 12.5 Å². The van der Waals surface area contributed by atoms with Crippen LogP contribution in [-0.4, -0.2) is 63.1 Å². The maximum atomic E-state index is 12.0. The molecule has 1 aromatic heterocycles. The Kier molecular flexibility index (Phi) is 8.60. The number of rotatable bonds is 10. The van der Waals surface area contributed by atoms with Crippen LogP contribution in [0.15, 0.2) is 54.7 Å². The smallest absolute Gasteiger partial charge is 0.277 e. The number of hydrogen-bond acceptors (Lipinski definition) is 8. The van der Waals surface area contributed by atoms with Crippen LogP contribution in [0.5, 0.6) is 0 Å². The average molecular weight is 531 g/mol. The maximum absolute atomic E-state index is 12.0. The van der Waals surface area contributed by atoms with Gasteiger partial charge in [-0.25, -0.2) is 9.71 Å². The van der Waals surface area contributed by atoms with Gasteiger partial charge in [-0.3, -0.25) is 0 Å². The molecule has 0 unspecified atom stereocenters. The van der Waals surface area contributed by atoms with Crippen LogP contribution in [0.4, 0.5) is 28.8 Å². The fourth-order valence-electron chi connectivity index (χ4n) is 3.80. The summed E-state index contributed by atoms with van der Waals surface area (Å²) in [7, 11) is -1.43. The van der Waals surface area contributed by atoms with Crippen molar-refractivity contribution in [3.8, 4) is 0 Å². The molecule has 1 fully saturated rings. The van der Waals surface area contributed by atoms with Gasteiger partial charge in [-0.05, 0) is 42.9 Å². The minimum Gasteiger partial charge on any atom is -0.369 e. The molecule has 10 nitrogen and oxygen atoms in total. The van der Waals surface area contributed by atoms with Gasteiger partial charge in [0.05, 0.1) is 6.20 Å². The lowest BCUT2D eigenvalue weighted by atomic mass is 10.2. The van der Waals surface area contributed by atoms with Crippen LogP contribution in [0.3, 0.4) is 0 Å². The molecule has 2 heterocycles. The first-order chi connectivity index (χ1) is 17.3. The normalized spacial score (nSPS) is 14.6. The second kappa shape index (κ2) is 11.8. The second-order valence-electron chi connectivity index (χ2n) is 8.46. The third kappa shape index (κ3) is 7.05. The number of aromatic nitrogens is 2. The summed E-state index contributed by atoms with van der Waals surface area (Å²) < 4.78 is 28.9. The molecule has 1 saturated heterocycles. The van der Waals surface area contributed by atoms with Gasteiger partial charge in [-0.1, -0.05) is 36.7 Å². The van der Waals surface area contributed by atoms with E-state index in [1.165, 1.54) is 11.9 Å². The third-order valence-electron chi connectivity index (χ3n) is 5.79. The van der Waals surface area contributed by atoms with Crippen molar-refractivity contribution in [1.82, 2.24) is 24.3 Å². The molecule has 0 amide bonds. The molecule has 4 rings (SSSR count). The van der Waals surface area contributed by atoms with Gasteiger partial charge in [0, 0.05) is 56.3 Å². The van der Waals surface area contributed by atoms with Crippen LogP contribution < -0.4 is 25.0 Å². The van der Waals surface area contributed by atoms with E-state index in [0.717, 1.165) is 37.4 Å². The Morgan fingerprint density at radius 1 is 0.972 bits per heavy atom. The summed E-state index contributed by atoms with van der Waals surface area (Å²) in [5, 5.41) is 6.76. The molecular weight excluding hydrogens is 500 g/mol. The first-order valence-electron chi connectivity index (χ1n) is 11.8. The molecule has 0 saturated carbocycles. The number of anilines is 5. The second-order valence-corrected chi connectivity index (χ2v) is 10.4. The molecule has 0 radical (unpaired) electrons. The predicted octanol–water partition coefficient (Wildman–Crippen LogP) is 3.31.